The highest BCUT2D eigenvalue weighted by molar-refractivity contribution is 5.88. The minimum atomic E-state index is -0.299. The van der Waals surface area contributed by atoms with Crippen molar-refractivity contribution in [2.45, 2.75) is 38.0 Å². The van der Waals surface area contributed by atoms with Crippen molar-refractivity contribution in [3.63, 3.8) is 0 Å². The summed E-state index contributed by atoms with van der Waals surface area (Å²) in [4.78, 5) is 15.4. The second-order valence-electron chi connectivity index (χ2n) is 6.67. The predicted octanol–water partition coefficient (Wildman–Crippen LogP) is 2.57. The lowest BCUT2D eigenvalue weighted by Crippen LogP contribution is -2.53. The predicted molar refractivity (Wildman–Crippen MR) is 85.2 cm³/mol. The maximum Gasteiger partial charge on any atom is 0.233 e. The third-order valence-electron chi connectivity index (χ3n) is 5.26. The third-order valence-corrected chi connectivity index (χ3v) is 5.26. The molecule has 0 saturated carbocycles. The van der Waals surface area contributed by atoms with Gasteiger partial charge in [0.25, 0.3) is 0 Å². The molecule has 1 amide bonds. The molecule has 21 heavy (non-hydrogen) atoms. The summed E-state index contributed by atoms with van der Waals surface area (Å²) in [5, 5.41) is 3.40. The van der Waals surface area contributed by atoms with Crippen molar-refractivity contribution in [3.05, 3.63) is 35.9 Å². The summed E-state index contributed by atoms with van der Waals surface area (Å²) in [6.07, 6.45) is 4.13. The fourth-order valence-electron chi connectivity index (χ4n) is 3.75. The van der Waals surface area contributed by atoms with E-state index >= 15 is 0 Å². The first-order valence-corrected chi connectivity index (χ1v) is 8.28. The Hall–Kier alpha value is -1.35. The molecule has 0 radical (unpaired) electrons. The van der Waals surface area contributed by atoms with Crippen LogP contribution in [0.3, 0.4) is 0 Å². The highest BCUT2D eigenvalue weighted by atomic mass is 16.2. The molecular weight excluding hydrogens is 260 g/mol. The van der Waals surface area contributed by atoms with Crippen LogP contribution in [-0.4, -0.2) is 37.0 Å². The molecule has 2 saturated heterocycles. The van der Waals surface area contributed by atoms with E-state index in [9.17, 15) is 4.79 Å². The summed E-state index contributed by atoms with van der Waals surface area (Å²) in [6, 6.07) is 10.4. The molecule has 3 heteroatoms. The lowest BCUT2D eigenvalue weighted by atomic mass is 9.71. The molecule has 2 heterocycles. The van der Waals surface area contributed by atoms with Gasteiger partial charge in [-0.15, -0.1) is 0 Å². The molecule has 0 aliphatic carbocycles. The molecule has 0 unspecified atom stereocenters. The van der Waals surface area contributed by atoms with Crippen molar-refractivity contribution in [1.29, 1.82) is 0 Å². The van der Waals surface area contributed by atoms with Gasteiger partial charge >= 0.3 is 0 Å². The number of rotatable bonds is 2. The maximum absolute atomic E-state index is 13.3. The molecule has 0 bridgehead atoms. The first-order chi connectivity index (χ1) is 10.2. The van der Waals surface area contributed by atoms with E-state index in [4.69, 9.17) is 0 Å². The average Bonchev–Trinajstić information content (AvgIpc) is 2.56. The number of hydrogen-bond donors (Lipinski definition) is 1. The second-order valence-corrected chi connectivity index (χ2v) is 6.67. The molecule has 3 rings (SSSR count). The van der Waals surface area contributed by atoms with Crippen molar-refractivity contribution in [3.8, 4) is 0 Å². The highest BCUT2D eigenvalue weighted by Crippen LogP contribution is 2.36. The number of nitrogens with zero attached hydrogens (tertiary/aromatic N) is 1. The molecule has 3 nitrogen and oxygen atoms in total. The molecule has 1 aromatic carbocycles. The summed E-state index contributed by atoms with van der Waals surface area (Å²) in [7, 11) is 0. The molecule has 2 aliphatic rings. The fraction of sp³-hybridized carbons (Fsp3) is 0.611. The van der Waals surface area contributed by atoms with Crippen molar-refractivity contribution in [2.75, 3.05) is 26.2 Å². The van der Waals surface area contributed by atoms with Crippen molar-refractivity contribution in [2.24, 2.45) is 5.92 Å². The number of piperidine rings is 2. The monoisotopic (exact) mass is 286 g/mol. The van der Waals surface area contributed by atoms with Crippen LogP contribution in [0.2, 0.25) is 0 Å². The van der Waals surface area contributed by atoms with E-state index < -0.39 is 0 Å². The van der Waals surface area contributed by atoms with E-state index in [1.54, 1.807) is 0 Å². The summed E-state index contributed by atoms with van der Waals surface area (Å²) in [6.45, 7) is 6.03. The zero-order chi connectivity index (χ0) is 14.7. The molecule has 2 aliphatic heterocycles. The Bertz CT molecular complexity index is 471. The van der Waals surface area contributed by atoms with Gasteiger partial charge in [-0.25, -0.2) is 0 Å². The van der Waals surface area contributed by atoms with Crippen LogP contribution in [-0.2, 0) is 10.2 Å². The normalized spacial score (nSPS) is 23.0. The second kappa shape index (κ2) is 6.18. The van der Waals surface area contributed by atoms with Crippen molar-refractivity contribution >= 4 is 5.91 Å². The van der Waals surface area contributed by atoms with Gasteiger partial charge in [-0.05, 0) is 50.3 Å². The van der Waals surface area contributed by atoms with Crippen molar-refractivity contribution in [1.82, 2.24) is 10.2 Å². The first-order valence-electron chi connectivity index (χ1n) is 8.28. The van der Waals surface area contributed by atoms with Crippen molar-refractivity contribution < 1.29 is 4.79 Å². The topological polar surface area (TPSA) is 32.3 Å². The van der Waals surface area contributed by atoms with Gasteiger partial charge in [-0.2, -0.15) is 0 Å². The van der Waals surface area contributed by atoms with Gasteiger partial charge in [0.1, 0.15) is 0 Å². The number of hydrogen-bond acceptors (Lipinski definition) is 2. The van der Waals surface area contributed by atoms with E-state index in [2.05, 4.69) is 41.4 Å². The molecule has 1 aromatic rings. The SMILES string of the molecule is CC1CCN(C(=O)C2(c3ccccc3)CCNCC2)CC1. The lowest BCUT2D eigenvalue weighted by Gasteiger charge is -2.42. The van der Waals surface area contributed by atoms with Gasteiger partial charge in [-0.1, -0.05) is 37.3 Å². The van der Waals surface area contributed by atoms with E-state index in [0.717, 1.165) is 57.8 Å². The number of amides is 1. The molecule has 1 N–H and O–H groups in total. The van der Waals surface area contributed by atoms with Gasteiger partial charge in [0.2, 0.25) is 5.91 Å². The molecule has 0 aromatic heterocycles. The smallest absolute Gasteiger partial charge is 0.233 e. The van der Waals surface area contributed by atoms with Gasteiger partial charge in [0.15, 0.2) is 0 Å². The first kappa shape index (κ1) is 14.6. The summed E-state index contributed by atoms with van der Waals surface area (Å²) < 4.78 is 0. The van der Waals surface area contributed by atoms with E-state index in [0.29, 0.717) is 5.91 Å². The van der Waals surface area contributed by atoms with Gasteiger partial charge < -0.3 is 10.2 Å². The van der Waals surface area contributed by atoms with Crippen LogP contribution in [0.4, 0.5) is 0 Å². The average molecular weight is 286 g/mol. The maximum atomic E-state index is 13.3. The van der Waals surface area contributed by atoms with Crippen LogP contribution in [0.15, 0.2) is 30.3 Å². The Morgan fingerprint density at radius 1 is 1.14 bits per heavy atom. The molecule has 0 atom stereocenters. The molecular formula is C18H26N2O. The van der Waals surface area contributed by atoms with Gasteiger partial charge in [-0.3, -0.25) is 4.79 Å². The number of benzene rings is 1. The quantitative estimate of drug-likeness (QED) is 0.906. The summed E-state index contributed by atoms with van der Waals surface area (Å²) >= 11 is 0. The lowest BCUT2D eigenvalue weighted by molar-refractivity contribution is -0.140. The zero-order valence-electron chi connectivity index (χ0n) is 13.0. The van der Waals surface area contributed by atoms with Crippen LogP contribution < -0.4 is 5.32 Å². The fourth-order valence-corrected chi connectivity index (χ4v) is 3.75. The van der Waals surface area contributed by atoms with Gasteiger partial charge in [0, 0.05) is 13.1 Å². The van der Waals surface area contributed by atoms with E-state index in [1.807, 2.05) is 6.07 Å². The van der Waals surface area contributed by atoms with E-state index in [-0.39, 0.29) is 5.41 Å². The Kier molecular flexibility index (Phi) is 4.29. The largest absolute Gasteiger partial charge is 0.342 e. The third kappa shape index (κ3) is 2.84. The Morgan fingerprint density at radius 2 is 1.76 bits per heavy atom. The number of likely N-dealkylation sites (tertiary alicyclic amines) is 1. The minimum absolute atomic E-state index is 0.299. The van der Waals surface area contributed by atoms with Crippen LogP contribution in [0, 0.1) is 5.92 Å². The highest BCUT2D eigenvalue weighted by Gasteiger charge is 2.43. The summed E-state index contributed by atoms with van der Waals surface area (Å²) in [5.74, 6) is 1.12. The Labute approximate surface area is 127 Å². The van der Waals surface area contributed by atoms with Crippen LogP contribution in [0.1, 0.15) is 38.2 Å². The molecule has 114 valence electrons. The van der Waals surface area contributed by atoms with E-state index in [1.165, 1.54) is 5.56 Å². The summed E-state index contributed by atoms with van der Waals surface area (Å²) in [5.41, 5.74) is 0.905. The standard InChI is InChI=1S/C18H26N2O/c1-15-7-13-20(14-8-15)17(21)18(9-11-19-12-10-18)16-5-3-2-4-6-16/h2-6,15,19H,7-14H2,1H3. The van der Waals surface area contributed by atoms with Crippen LogP contribution in [0.25, 0.3) is 0 Å². The van der Waals surface area contributed by atoms with Crippen LogP contribution >= 0.6 is 0 Å². The number of carbonyl (C=O) groups excluding carboxylic acids is 1. The van der Waals surface area contributed by atoms with Gasteiger partial charge in [0.05, 0.1) is 5.41 Å². The van der Waals surface area contributed by atoms with Crippen LogP contribution in [0.5, 0.6) is 0 Å². The number of carbonyl (C=O) groups is 1. The Balaban J connectivity index is 1.87. The molecule has 2 fully saturated rings. The zero-order valence-corrected chi connectivity index (χ0v) is 13.0. The molecule has 0 spiro atoms. The Morgan fingerprint density at radius 3 is 2.38 bits per heavy atom. The number of nitrogens with one attached hydrogen (secondary N) is 1. The minimum Gasteiger partial charge on any atom is -0.342 e.